The summed E-state index contributed by atoms with van der Waals surface area (Å²) in [6, 6.07) is 0. The number of hydrogen-bond donors (Lipinski definition) is 2. The van der Waals surface area contributed by atoms with Crippen molar-refractivity contribution in [3.8, 4) is 0 Å². The summed E-state index contributed by atoms with van der Waals surface area (Å²) < 4.78 is 5.20. The van der Waals surface area contributed by atoms with Crippen molar-refractivity contribution < 1.29 is 9.84 Å². The van der Waals surface area contributed by atoms with Crippen LogP contribution >= 0.6 is 12.4 Å². The van der Waals surface area contributed by atoms with Gasteiger partial charge in [0, 0.05) is 18.8 Å². The second-order valence-electron chi connectivity index (χ2n) is 3.55. The zero-order valence-corrected chi connectivity index (χ0v) is 8.27. The van der Waals surface area contributed by atoms with Crippen LogP contribution in [-0.2, 0) is 4.74 Å². The molecule has 0 amide bonds. The van der Waals surface area contributed by atoms with E-state index in [4.69, 9.17) is 15.6 Å². The minimum Gasteiger partial charge on any atom is -0.394 e. The fourth-order valence-electron chi connectivity index (χ4n) is 1.49. The predicted molar refractivity (Wildman–Crippen MR) is 50.5 cm³/mol. The smallest absolute Gasteiger partial charge is 0.0611 e. The van der Waals surface area contributed by atoms with Gasteiger partial charge in [-0.05, 0) is 25.7 Å². The topological polar surface area (TPSA) is 55.5 Å². The molecule has 1 unspecified atom stereocenters. The monoisotopic (exact) mass is 195 g/mol. The molecule has 1 rings (SSSR count). The molecule has 3 N–H and O–H groups in total. The Bertz CT molecular complexity index is 124. The second kappa shape index (κ2) is 5.02. The lowest BCUT2D eigenvalue weighted by Crippen LogP contribution is -2.49. The molecule has 74 valence electrons. The Morgan fingerprint density at radius 2 is 2.00 bits per heavy atom. The first kappa shape index (κ1) is 12.2. The van der Waals surface area contributed by atoms with E-state index in [0.29, 0.717) is 5.92 Å². The van der Waals surface area contributed by atoms with Crippen molar-refractivity contribution in [2.24, 2.45) is 11.7 Å². The molecule has 0 aromatic heterocycles. The molecule has 1 fully saturated rings. The van der Waals surface area contributed by atoms with Gasteiger partial charge >= 0.3 is 0 Å². The van der Waals surface area contributed by atoms with Gasteiger partial charge in [0.2, 0.25) is 0 Å². The van der Waals surface area contributed by atoms with E-state index >= 15 is 0 Å². The Balaban J connectivity index is 0.00000121. The van der Waals surface area contributed by atoms with Gasteiger partial charge in [-0.15, -0.1) is 12.4 Å². The highest BCUT2D eigenvalue weighted by atomic mass is 35.5. The number of nitrogens with two attached hydrogens (primary N) is 1. The summed E-state index contributed by atoms with van der Waals surface area (Å²) in [6.45, 7) is 3.55. The first-order valence-electron chi connectivity index (χ1n) is 4.14. The maximum atomic E-state index is 8.98. The molecular formula is C8H18ClNO2. The van der Waals surface area contributed by atoms with Crippen molar-refractivity contribution in [1.82, 2.24) is 0 Å². The van der Waals surface area contributed by atoms with E-state index in [9.17, 15) is 0 Å². The average molecular weight is 196 g/mol. The second-order valence-corrected chi connectivity index (χ2v) is 3.55. The summed E-state index contributed by atoms with van der Waals surface area (Å²) in [4.78, 5) is 0. The molecule has 0 bridgehead atoms. The Morgan fingerprint density at radius 1 is 1.50 bits per heavy atom. The standard InChI is InChI=1S/C8H17NO2.ClH/c1-8(9,6-10)7-2-4-11-5-3-7;/h7,10H,2-6,9H2,1H3;1H. The molecule has 0 aliphatic carbocycles. The lowest BCUT2D eigenvalue weighted by atomic mass is 9.82. The van der Waals surface area contributed by atoms with Gasteiger partial charge < -0.3 is 15.6 Å². The SMILES string of the molecule is CC(N)(CO)C1CCOCC1.Cl. The highest BCUT2D eigenvalue weighted by Gasteiger charge is 2.30. The zero-order valence-electron chi connectivity index (χ0n) is 7.45. The van der Waals surface area contributed by atoms with Crippen LogP contribution in [0.25, 0.3) is 0 Å². The summed E-state index contributed by atoms with van der Waals surface area (Å²) in [5.41, 5.74) is 5.47. The molecule has 3 nitrogen and oxygen atoms in total. The maximum Gasteiger partial charge on any atom is 0.0611 e. The van der Waals surface area contributed by atoms with Crippen LogP contribution in [0.4, 0.5) is 0 Å². The molecule has 12 heavy (non-hydrogen) atoms. The van der Waals surface area contributed by atoms with Crippen molar-refractivity contribution >= 4 is 12.4 Å². The number of rotatable bonds is 2. The number of aliphatic hydroxyl groups excluding tert-OH is 1. The van der Waals surface area contributed by atoms with Crippen molar-refractivity contribution in [1.29, 1.82) is 0 Å². The Labute approximate surface area is 79.7 Å². The fourth-order valence-corrected chi connectivity index (χ4v) is 1.49. The van der Waals surface area contributed by atoms with Gasteiger partial charge in [0.25, 0.3) is 0 Å². The summed E-state index contributed by atoms with van der Waals surface area (Å²) in [6.07, 6.45) is 1.96. The van der Waals surface area contributed by atoms with Gasteiger partial charge in [0.1, 0.15) is 0 Å². The number of aliphatic hydroxyl groups is 1. The maximum absolute atomic E-state index is 8.98. The molecule has 1 saturated heterocycles. The van der Waals surface area contributed by atoms with Crippen molar-refractivity contribution in [2.45, 2.75) is 25.3 Å². The normalized spacial score (nSPS) is 24.2. The van der Waals surface area contributed by atoms with Crippen LogP contribution in [0.5, 0.6) is 0 Å². The van der Waals surface area contributed by atoms with Crippen LogP contribution in [0.3, 0.4) is 0 Å². The molecule has 1 aliphatic rings. The third-order valence-electron chi connectivity index (χ3n) is 2.49. The van der Waals surface area contributed by atoms with Gasteiger partial charge in [-0.3, -0.25) is 0 Å². The van der Waals surface area contributed by atoms with E-state index in [1.54, 1.807) is 0 Å². The Kier molecular flexibility index (Phi) is 5.09. The lowest BCUT2D eigenvalue weighted by Gasteiger charge is -2.35. The quantitative estimate of drug-likeness (QED) is 0.677. The van der Waals surface area contributed by atoms with Crippen LogP contribution < -0.4 is 5.73 Å². The van der Waals surface area contributed by atoms with Gasteiger partial charge in [-0.1, -0.05) is 0 Å². The molecular weight excluding hydrogens is 178 g/mol. The first-order chi connectivity index (χ1) is 5.17. The van der Waals surface area contributed by atoms with Gasteiger partial charge in [0.15, 0.2) is 0 Å². The lowest BCUT2D eigenvalue weighted by molar-refractivity contribution is 0.0269. The average Bonchev–Trinajstić information content (AvgIpc) is 2.06. The van der Waals surface area contributed by atoms with Crippen molar-refractivity contribution in [2.75, 3.05) is 19.8 Å². The molecule has 0 aromatic rings. The number of hydrogen-bond acceptors (Lipinski definition) is 3. The molecule has 1 aliphatic heterocycles. The zero-order chi connectivity index (χ0) is 8.32. The van der Waals surface area contributed by atoms with Crippen LogP contribution in [0.2, 0.25) is 0 Å². The van der Waals surface area contributed by atoms with Crippen LogP contribution in [0.1, 0.15) is 19.8 Å². The molecule has 4 heteroatoms. The highest BCUT2D eigenvalue weighted by molar-refractivity contribution is 5.85. The first-order valence-corrected chi connectivity index (χ1v) is 4.14. The van der Waals surface area contributed by atoms with E-state index in [-0.39, 0.29) is 19.0 Å². The molecule has 0 aromatic carbocycles. The van der Waals surface area contributed by atoms with E-state index < -0.39 is 5.54 Å². The highest BCUT2D eigenvalue weighted by Crippen LogP contribution is 2.24. The van der Waals surface area contributed by atoms with Crippen LogP contribution in [-0.4, -0.2) is 30.5 Å². The van der Waals surface area contributed by atoms with Gasteiger partial charge in [-0.2, -0.15) is 0 Å². The van der Waals surface area contributed by atoms with E-state index in [1.807, 2.05) is 6.92 Å². The largest absolute Gasteiger partial charge is 0.394 e. The Morgan fingerprint density at radius 3 is 2.42 bits per heavy atom. The van der Waals surface area contributed by atoms with E-state index in [2.05, 4.69) is 0 Å². The van der Waals surface area contributed by atoms with E-state index in [1.165, 1.54) is 0 Å². The summed E-state index contributed by atoms with van der Waals surface area (Å²) in [7, 11) is 0. The molecule has 0 spiro atoms. The fraction of sp³-hybridized carbons (Fsp3) is 1.00. The third kappa shape index (κ3) is 2.90. The predicted octanol–water partition coefficient (Wildman–Crippen LogP) is 0.544. The minimum absolute atomic E-state index is 0. The summed E-state index contributed by atoms with van der Waals surface area (Å²) in [5, 5.41) is 8.98. The number of ether oxygens (including phenoxy) is 1. The molecule has 1 atom stereocenters. The van der Waals surface area contributed by atoms with Crippen LogP contribution in [0.15, 0.2) is 0 Å². The summed E-state index contributed by atoms with van der Waals surface area (Å²) in [5.74, 6) is 0.418. The van der Waals surface area contributed by atoms with Crippen molar-refractivity contribution in [3.63, 3.8) is 0 Å². The molecule has 0 saturated carbocycles. The van der Waals surface area contributed by atoms with Gasteiger partial charge in [-0.25, -0.2) is 0 Å². The minimum atomic E-state index is -0.413. The van der Waals surface area contributed by atoms with Crippen LogP contribution in [0, 0.1) is 5.92 Å². The third-order valence-corrected chi connectivity index (χ3v) is 2.49. The van der Waals surface area contributed by atoms with Crippen molar-refractivity contribution in [3.05, 3.63) is 0 Å². The Hall–Kier alpha value is 0.170. The summed E-state index contributed by atoms with van der Waals surface area (Å²) >= 11 is 0. The molecule has 0 radical (unpaired) electrons. The number of halogens is 1. The van der Waals surface area contributed by atoms with E-state index in [0.717, 1.165) is 26.1 Å². The molecule has 1 heterocycles. The van der Waals surface area contributed by atoms with Gasteiger partial charge in [0.05, 0.1) is 6.61 Å².